The molecule has 0 radical (unpaired) electrons. The highest BCUT2D eigenvalue weighted by Crippen LogP contribution is 2.38. The van der Waals surface area contributed by atoms with Crippen LogP contribution in [0.3, 0.4) is 0 Å². The second-order valence-electron chi connectivity index (χ2n) is 8.67. The van der Waals surface area contributed by atoms with Gasteiger partial charge in [-0.15, -0.1) is 0 Å². The molecule has 0 amide bonds. The van der Waals surface area contributed by atoms with E-state index in [4.69, 9.17) is 9.47 Å². The number of nitrogens with zero attached hydrogens (tertiary/aromatic N) is 3. The Labute approximate surface area is 187 Å². The summed E-state index contributed by atoms with van der Waals surface area (Å²) in [6, 6.07) is 17.2. The highest BCUT2D eigenvalue weighted by molar-refractivity contribution is 5.96. The molecule has 4 aromatic rings. The standard InChI is InChI=1S/C26H26N4O2/c1-29-8-10-30(11-9-29)16-18-2-4-19(5-3-18)21-12-22-23(15-28-26(22)27-14-21)20-6-7-24-25(13-20)32-17-31-24/h2-7,12-15H,8-11,16-17H2,1H3,(H,27,28). The lowest BCUT2D eigenvalue weighted by Gasteiger charge is -2.32. The second kappa shape index (κ2) is 7.97. The van der Waals surface area contributed by atoms with Gasteiger partial charge < -0.3 is 19.4 Å². The Kier molecular flexibility index (Phi) is 4.82. The predicted molar refractivity (Wildman–Crippen MR) is 126 cm³/mol. The van der Waals surface area contributed by atoms with Crippen LogP contribution in [0, 0.1) is 0 Å². The molecule has 0 aliphatic carbocycles. The molecule has 162 valence electrons. The van der Waals surface area contributed by atoms with Crippen molar-refractivity contribution in [2.75, 3.05) is 40.0 Å². The maximum Gasteiger partial charge on any atom is 0.231 e. The lowest BCUT2D eigenvalue weighted by atomic mass is 10.0. The zero-order valence-corrected chi connectivity index (χ0v) is 18.2. The van der Waals surface area contributed by atoms with Gasteiger partial charge >= 0.3 is 0 Å². The molecule has 32 heavy (non-hydrogen) atoms. The summed E-state index contributed by atoms with van der Waals surface area (Å²) < 4.78 is 11.0. The van der Waals surface area contributed by atoms with E-state index < -0.39 is 0 Å². The van der Waals surface area contributed by atoms with E-state index in [9.17, 15) is 0 Å². The summed E-state index contributed by atoms with van der Waals surface area (Å²) in [5.74, 6) is 1.58. The molecule has 0 atom stereocenters. The van der Waals surface area contributed by atoms with Crippen LogP contribution in [-0.2, 0) is 6.54 Å². The van der Waals surface area contributed by atoms with Crippen LogP contribution in [0.4, 0.5) is 0 Å². The monoisotopic (exact) mass is 426 g/mol. The van der Waals surface area contributed by atoms with Gasteiger partial charge in [0.15, 0.2) is 11.5 Å². The number of pyridine rings is 1. The van der Waals surface area contributed by atoms with E-state index in [-0.39, 0.29) is 6.79 Å². The Balaban J connectivity index is 1.26. The maximum absolute atomic E-state index is 5.56. The van der Waals surface area contributed by atoms with Crippen molar-refractivity contribution in [3.8, 4) is 33.8 Å². The predicted octanol–water partition coefficient (Wildman–Crippen LogP) is 4.37. The Hall–Kier alpha value is -3.35. The number of aromatic amines is 1. The number of hydrogen-bond donors (Lipinski definition) is 1. The van der Waals surface area contributed by atoms with E-state index in [1.165, 1.54) is 11.1 Å². The first-order valence-corrected chi connectivity index (χ1v) is 11.1. The van der Waals surface area contributed by atoms with Gasteiger partial charge in [-0.25, -0.2) is 4.98 Å². The Morgan fingerprint density at radius 2 is 1.66 bits per heavy atom. The molecule has 1 N–H and O–H groups in total. The normalized spacial score (nSPS) is 16.7. The average Bonchev–Trinajstić information content (AvgIpc) is 3.47. The number of piperazine rings is 1. The Morgan fingerprint density at radius 1 is 0.875 bits per heavy atom. The minimum absolute atomic E-state index is 0.281. The molecule has 2 aliphatic rings. The van der Waals surface area contributed by atoms with Crippen molar-refractivity contribution in [1.82, 2.24) is 19.8 Å². The summed E-state index contributed by atoms with van der Waals surface area (Å²) in [7, 11) is 2.19. The van der Waals surface area contributed by atoms with Gasteiger partial charge in [-0.1, -0.05) is 30.3 Å². The fraction of sp³-hybridized carbons (Fsp3) is 0.269. The van der Waals surface area contributed by atoms with Gasteiger partial charge in [0.25, 0.3) is 0 Å². The minimum atomic E-state index is 0.281. The van der Waals surface area contributed by atoms with E-state index in [0.717, 1.165) is 71.9 Å². The largest absolute Gasteiger partial charge is 0.454 e. The first kappa shape index (κ1) is 19.3. The number of likely N-dealkylation sites (N-methyl/N-ethyl adjacent to an activating group) is 1. The number of nitrogens with one attached hydrogen (secondary N) is 1. The SMILES string of the molecule is CN1CCN(Cc2ccc(-c3cnc4[nH]cc(-c5ccc6c(c5)OCO6)c4c3)cc2)CC1. The summed E-state index contributed by atoms with van der Waals surface area (Å²) >= 11 is 0. The lowest BCUT2D eigenvalue weighted by Crippen LogP contribution is -2.43. The molecule has 0 unspecified atom stereocenters. The molecule has 4 heterocycles. The van der Waals surface area contributed by atoms with Crippen LogP contribution >= 0.6 is 0 Å². The van der Waals surface area contributed by atoms with Gasteiger partial charge in [0.1, 0.15) is 5.65 Å². The van der Waals surface area contributed by atoms with Crippen molar-refractivity contribution in [3.05, 3.63) is 66.5 Å². The molecule has 0 bridgehead atoms. The van der Waals surface area contributed by atoms with Crippen molar-refractivity contribution >= 4 is 11.0 Å². The molecule has 6 rings (SSSR count). The van der Waals surface area contributed by atoms with Crippen LogP contribution in [0.2, 0.25) is 0 Å². The number of ether oxygens (including phenoxy) is 2. The molecule has 2 aliphatic heterocycles. The molecule has 2 aromatic heterocycles. The van der Waals surface area contributed by atoms with Crippen LogP contribution in [0.15, 0.2) is 60.9 Å². The first-order chi connectivity index (χ1) is 15.7. The molecular formula is C26H26N4O2. The molecule has 6 heteroatoms. The quantitative estimate of drug-likeness (QED) is 0.525. The first-order valence-electron chi connectivity index (χ1n) is 11.1. The highest BCUT2D eigenvalue weighted by Gasteiger charge is 2.17. The van der Waals surface area contributed by atoms with Crippen molar-refractivity contribution in [2.45, 2.75) is 6.54 Å². The molecule has 1 saturated heterocycles. The molecule has 0 saturated carbocycles. The second-order valence-corrected chi connectivity index (χ2v) is 8.67. The van der Waals surface area contributed by atoms with Gasteiger partial charge in [-0.2, -0.15) is 0 Å². The number of fused-ring (bicyclic) bond motifs is 2. The van der Waals surface area contributed by atoms with Crippen molar-refractivity contribution < 1.29 is 9.47 Å². The van der Waals surface area contributed by atoms with Crippen LogP contribution in [0.25, 0.3) is 33.3 Å². The van der Waals surface area contributed by atoms with Crippen LogP contribution < -0.4 is 9.47 Å². The smallest absolute Gasteiger partial charge is 0.231 e. The minimum Gasteiger partial charge on any atom is -0.454 e. The number of hydrogen-bond acceptors (Lipinski definition) is 5. The number of benzene rings is 2. The third kappa shape index (κ3) is 3.61. The number of aromatic nitrogens is 2. The highest BCUT2D eigenvalue weighted by atomic mass is 16.7. The lowest BCUT2D eigenvalue weighted by molar-refractivity contribution is 0.148. The summed E-state index contributed by atoms with van der Waals surface area (Å²) in [6.07, 6.45) is 3.95. The summed E-state index contributed by atoms with van der Waals surface area (Å²) in [6.45, 7) is 5.85. The molecule has 6 nitrogen and oxygen atoms in total. The van der Waals surface area contributed by atoms with Gasteiger partial charge in [0, 0.05) is 61.6 Å². The fourth-order valence-electron chi connectivity index (χ4n) is 4.53. The fourth-order valence-corrected chi connectivity index (χ4v) is 4.53. The van der Waals surface area contributed by atoms with Crippen LogP contribution in [0.5, 0.6) is 11.5 Å². The van der Waals surface area contributed by atoms with Crippen molar-refractivity contribution in [3.63, 3.8) is 0 Å². The molecule has 1 fully saturated rings. The van der Waals surface area contributed by atoms with E-state index in [0.29, 0.717) is 0 Å². The van der Waals surface area contributed by atoms with E-state index in [1.807, 2.05) is 24.5 Å². The Bertz CT molecular complexity index is 1260. The van der Waals surface area contributed by atoms with Gasteiger partial charge in [0.2, 0.25) is 6.79 Å². The van der Waals surface area contributed by atoms with Gasteiger partial charge in [-0.3, -0.25) is 4.90 Å². The summed E-state index contributed by atoms with van der Waals surface area (Å²) in [5.41, 5.74) is 6.73. The summed E-state index contributed by atoms with van der Waals surface area (Å²) in [5, 5.41) is 1.10. The topological polar surface area (TPSA) is 53.6 Å². The van der Waals surface area contributed by atoms with Crippen LogP contribution in [0.1, 0.15) is 5.56 Å². The van der Waals surface area contributed by atoms with E-state index in [2.05, 4.69) is 63.2 Å². The van der Waals surface area contributed by atoms with Gasteiger partial charge in [0.05, 0.1) is 0 Å². The van der Waals surface area contributed by atoms with Gasteiger partial charge in [-0.05, 0) is 41.9 Å². The van der Waals surface area contributed by atoms with Crippen molar-refractivity contribution in [1.29, 1.82) is 0 Å². The third-order valence-corrected chi connectivity index (χ3v) is 6.50. The third-order valence-electron chi connectivity index (χ3n) is 6.50. The zero-order chi connectivity index (χ0) is 21.5. The van der Waals surface area contributed by atoms with Crippen molar-refractivity contribution in [2.24, 2.45) is 0 Å². The summed E-state index contributed by atoms with van der Waals surface area (Å²) in [4.78, 5) is 12.9. The number of H-pyrrole nitrogens is 1. The Morgan fingerprint density at radius 3 is 2.50 bits per heavy atom. The van der Waals surface area contributed by atoms with E-state index >= 15 is 0 Å². The van der Waals surface area contributed by atoms with E-state index in [1.54, 1.807) is 0 Å². The zero-order valence-electron chi connectivity index (χ0n) is 18.2. The molecule has 2 aromatic carbocycles. The molecule has 0 spiro atoms. The maximum atomic E-state index is 5.56. The number of rotatable bonds is 4. The van der Waals surface area contributed by atoms with Crippen LogP contribution in [-0.4, -0.2) is 59.8 Å². The molecular weight excluding hydrogens is 400 g/mol. The average molecular weight is 427 g/mol.